The van der Waals surface area contributed by atoms with Crippen LogP contribution in [0.3, 0.4) is 0 Å². The lowest BCUT2D eigenvalue weighted by atomic mass is 10.1. The van der Waals surface area contributed by atoms with E-state index in [2.05, 4.69) is 6.07 Å². The van der Waals surface area contributed by atoms with Crippen LogP contribution in [0.4, 0.5) is 11.4 Å². The van der Waals surface area contributed by atoms with E-state index in [-0.39, 0.29) is 6.10 Å². The molecule has 15 heavy (non-hydrogen) atoms. The van der Waals surface area contributed by atoms with Crippen LogP contribution in [0.2, 0.25) is 0 Å². The van der Waals surface area contributed by atoms with Crippen molar-refractivity contribution in [1.29, 1.82) is 5.26 Å². The van der Waals surface area contributed by atoms with Gasteiger partial charge in [-0.25, -0.2) is 0 Å². The Morgan fingerprint density at radius 3 is 2.93 bits per heavy atom. The van der Waals surface area contributed by atoms with Crippen LogP contribution in [-0.2, 0) is 0 Å². The molecule has 0 aliphatic carbocycles. The van der Waals surface area contributed by atoms with E-state index in [0.29, 0.717) is 17.8 Å². The predicted octanol–water partition coefficient (Wildman–Crippen LogP) is 0.711. The number of nitrogens with two attached hydrogens (primary N) is 1. The zero-order chi connectivity index (χ0) is 10.8. The molecule has 1 atom stereocenters. The van der Waals surface area contributed by atoms with E-state index in [0.717, 1.165) is 18.7 Å². The second-order valence-electron chi connectivity index (χ2n) is 3.78. The predicted molar refractivity (Wildman–Crippen MR) is 58.4 cm³/mol. The van der Waals surface area contributed by atoms with Crippen molar-refractivity contribution < 1.29 is 5.11 Å². The first kappa shape index (κ1) is 9.81. The first-order valence-electron chi connectivity index (χ1n) is 4.93. The molecule has 0 bridgehead atoms. The van der Waals surface area contributed by atoms with Crippen LogP contribution in [0.1, 0.15) is 12.0 Å². The van der Waals surface area contributed by atoms with Crippen molar-refractivity contribution in [2.75, 3.05) is 23.7 Å². The van der Waals surface area contributed by atoms with Crippen molar-refractivity contribution in [1.82, 2.24) is 0 Å². The van der Waals surface area contributed by atoms with Crippen LogP contribution < -0.4 is 10.6 Å². The second-order valence-corrected chi connectivity index (χ2v) is 3.78. The molecule has 1 fully saturated rings. The number of nitriles is 1. The number of anilines is 2. The fourth-order valence-corrected chi connectivity index (χ4v) is 1.88. The van der Waals surface area contributed by atoms with E-state index in [1.54, 1.807) is 12.1 Å². The van der Waals surface area contributed by atoms with Gasteiger partial charge < -0.3 is 15.7 Å². The third-order valence-electron chi connectivity index (χ3n) is 2.65. The first-order chi connectivity index (χ1) is 7.20. The van der Waals surface area contributed by atoms with Crippen LogP contribution in [0.25, 0.3) is 0 Å². The van der Waals surface area contributed by atoms with Crippen LogP contribution in [0.5, 0.6) is 0 Å². The summed E-state index contributed by atoms with van der Waals surface area (Å²) >= 11 is 0. The molecule has 2 rings (SSSR count). The normalized spacial score (nSPS) is 20.3. The molecule has 0 saturated carbocycles. The molecule has 0 amide bonds. The summed E-state index contributed by atoms with van der Waals surface area (Å²) in [6.07, 6.45) is 0.476. The lowest BCUT2D eigenvalue weighted by molar-refractivity contribution is 0.198. The van der Waals surface area contributed by atoms with E-state index in [1.165, 1.54) is 0 Å². The lowest BCUT2D eigenvalue weighted by Gasteiger charge is -2.19. The summed E-state index contributed by atoms with van der Waals surface area (Å²) < 4.78 is 0. The van der Waals surface area contributed by atoms with Gasteiger partial charge in [-0.1, -0.05) is 0 Å². The number of aliphatic hydroxyl groups excluding tert-OH is 1. The van der Waals surface area contributed by atoms with Crippen LogP contribution in [0.15, 0.2) is 18.2 Å². The zero-order valence-electron chi connectivity index (χ0n) is 8.35. The van der Waals surface area contributed by atoms with Crippen molar-refractivity contribution in [3.05, 3.63) is 23.8 Å². The molecule has 3 N–H and O–H groups in total. The van der Waals surface area contributed by atoms with Crippen molar-refractivity contribution in [3.8, 4) is 6.07 Å². The monoisotopic (exact) mass is 203 g/mol. The molecule has 1 aliphatic heterocycles. The van der Waals surface area contributed by atoms with Gasteiger partial charge in [0.15, 0.2) is 0 Å². The van der Waals surface area contributed by atoms with Crippen molar-refractivity contribution in [2.24, 2.45) is 0 Å². The van der Waals surface area contributed by atoms with Crippen molar-refractivity contribution >= 4 is 11.4 Å². The summed E-state index contributed by atoms with van der Waals surface area (Å²) in [6, 6.07) is 7.41. The lowest BCUT2D eigenvalue weighted by Crippen LogP contribution is -2.22. The molecule has 78 valence electrons. The average molecular weight is 203 g/mol. The third-order valence-corrected chi connectivity index (χ3v) is 2.65. The number of nitrogens with zero attached hydrogens (tertiary/aromatic N) is 2. The van der Waals surface area contributed by atoms with Gasteiger partial charge in [-0.15, -0.1) is 0 Å². The maximum absolute atomic E-state index is 9.43. The number of aliphatic hydroxyl groups is 1. The Balaban J connectivity index is 2.32. The average Bonchev–Trinajstić information content (AvgIpc) is 2.64. The number of β-amino-alcohol motifs (C(OH)–C–C–N with tert-alkyl or cyclic N) is 1. The molecule has 1 aliphatic rings. The molecule has 4 nitrogen and oxygen atoms in total. The van der Waals surface area contributed by atoms with Crippen molar-refractivity contribution in [2.45, 2.75) is 12.5 Å². The Morgan fingerprint density at radius 1 is 1.53 bits per heavy atom. The maximum Gasteiger partial charge on any atom is 0.101 e. The minimum absolute atomic E-state index is 0.283. The quantitative estimate of drug-likeness (QED) is 0.659. The molecule has 0 radical (unpaired) electrons. The molecular formula is C11H13N3O. The first-order valence-corrected chi connectivity index (χ1v) is 4.93. The highest BCUT2D eigenvalue weighted by molar-refractivity contribution is 5.64. The van der Waals surface area contributed by atoms with E-state index >= 15 is 0 Å². The van der Waals surface area contributed by atoms with Gasteiger partial charge in [0.1, 0.15) is 6.07 Å². The molecule has 0 spiro atoms. The minimum Gasteiger partial charge on any atom is -0.399 e. The molecule has 4 heteroatoms. The molecule has 0 aromatic heterocycles. The topological polar surface area (TPSA) is 73.3 Å². The number of hydrogen-bond donors (Lipinski definition) is 2. The summed E-state index contributed by atoms with van der Waals surface area (Å²) in [5, 5.41) is 18.4. The standard InChI is InChI=1S/C11H13N3O/c12-6-8-5-9(13)1-2-11(8)14-4-3-10(15)7-14/h1-2,5,10,15H,3-4,7,13H2. The minimum atomic E-state index is -0.283. The molecule has 1 aromatic rings. The van der Waals surface area contributed by atoms with Gasteiger partial charge in [0.05, 0.1) is 17.4 Å². The van der Waals surface area contributed by atoms with E-state index in [4.69, 9.17) is 11.0 Å². The molecule has 1 aromatic carbocycles. The number of rotatable bonds is 1. The fourth-order valence-electron chi connectivity index (χ4n) is 1.88. The second kappa shape index (κ2) is 3.79. The highest BCUT2D eigenvalue weighted by Gasteiger charge is 2.22. The van der Waals surface area contributed by atoms with Gasteiger partial charge in [0, 0.05) is 18.8 Å². The van der Waals surface area contributed by atoms with Gasteiger partial charge in [0.2, 0.25) is 0 Å². The summed E-state index contributed by atoms with van der Waals surface area (Å²) in [6.45, 7) is 1.39. The van der Waals surface area contributed by atoms with Gasteiger partial charge in [-0.05, 0) is 24.6 Å². The Labute approximate surface area is 88.5 Å². The molecule has 1 heterocycles. The Hall–Kier alpha value is -1.73. The molecular weight excluding hydrogens is 190 g/mol. The summed E-state index contributed by atoms with van der Waals surface area (Å²) in [7, 11) is 0. The summed E-state index contributed by atoms with van der Waals surface area (Å²) in [5.41, 5.74) is 7.64. The third kappa shape index (κ3) is 1.88. The highest BCUT2D eigenvalue weighted by atomic mass is 16.3. The SMILES string of the molecule is N#Cc1cc(N)ccc1N1CCC(O)C1. The van der Waals surface area contributed by atoms with E-state index < -0.39 is 0 Å². The van der Waals surface area contributed by atoms with Crippen LogP contribution in [0, 0.1) is 11.3 Å². The zero-order valence-corrected chi connectivity index (χ0v) is 8.35. The Morgan fingerprint density at radius 2 is 2.33 bits per heavy atom. The molecule has 1 unspecified atom stereocenters. The maximum atomic E-state index is 9.43. The number of hydrogen-bond acceptors (Lipinski definition) is 4. The summed E-state index contributed by atoms with van der Waals surface area (Å²) in [4.78, 5) is 2.02. The van der Waals surface area contributed by atoms with E-state index in [1.807, 2.05) is 11.0 Å². The Kier molecular flexibility index (Phi) is 2.48. The smallest absolute Gasteiger partial charge is 0.101 e. The van der Waals surface area contributed by atoms with Crippen LogP contribution in [-0.4, -0.2) is 24.3 Å². The van der Waals surface area contributed by atoms with Crippen LogP contribution >= 0.6 is 0 Å². The molecule has 1 saturated heterocycles. The van der Waals surface area contributed by atoms with Gasteiger partial charge in [-0.2, -0.15) is 5.26 Å². The fraction of sp³-hybridized carbons (Fsp3) is 0.364. The van der Waals surface area contributed by atoms with Crippen molar-refractivity contribution in [3.63, 3.8) is 0 Å². The highest BCUT2D eigenvalue weighted by Crippen LogP contribution is 2.25. The van der Waals surface area contributed by atoms with Gasteiger partial charge >= 0.3 is 0 Å². The largest absolute Gasteiger partial charge is 0.399 e. The van der Waals surface area contributed by atoms with Gasteiger partial charge in [-0.3, -0.25) is 0 Å². The Bertz CT molecular complexity index is 411. The number of nitrogen functional groups attached to an aromatic ring is 1. The van der Waals surface area contributed by atoms with Gasteiger partial charge in [0.25, 0.3) is 0 Å². The number of benzene rings is 1. The summed E-state index contributed by atoms with van der Waals surface area (Å²) in [5.74, 6) is 0. The van der Waals surface area contributed by atoms with E-state index in [9.17, 15) is 5.11 Å².